The molecule has 1 aromatic rings. The maximum atomic E-state index is 8.84. The number of unbranched alkanes of at least 4 members (excludes halogenated alkanes) is 1. The van der Waals surface area contributed by atoms with Crippen LogP contribution in [-0.2, 0) is 16.0 Å². The lowest BCUT2D eigenvalue weighted by atomic mass is 9.83. The number of benzene rings is 1. The quantitative estimate of drug-likeness (QED) is 0.378. The van der Waals surface area contributed by atoms with Crippen LogP contribution >= 0.6 is 23.2 Å². The molecular formula is C20H31BCl2N2O4. The summed E-state index contributed by atoms with van der Waals surface area (Å²) in [4.78, 5) is 18.8. The van der Waals surface area contributed by atoms with Gasteiger partial charge in [0.2, 0.25) is 0 Å². The Kier molecular flexibility index (Phi) is 13.5. The molecule has 1 atom stereocenters. The molecule has 1 unspecified atom stereocenters. The first-order chi connectivity index (χ1) is 13.8. The average Bonchev–Trinajstić information content (AvgIpc) is 2.68. The number of rotatable bonds is 10. The molecule has 0 spiro atoms. The molecule has 1 aromatic carbocycles. The number of piperidine rings is 1. The molecule has 29 heavy (non-hydrogen) atoms. The van der Waals surface area contributed by atoms with E-state index in [0.717, 1.165) is 51.7 Å². The zero-order chi connectivity index (χ0) is 21.6. The van der Waals surface area contributed by atoms with Gasteiger partial charge in [-0.25, -0.2) is 0 Å². The number of hydrogen-bond donors (Lipinski definition) is 3. The van der Waals surface area contributed by atoms with Crippen LogP contribution in [0.4, 0.5) is 0 Å². The first-order valence-corrected chi connectivity index (χ1v) is 10.9. The minimum Gasteiger partial charge on any atom is -0.427 e. The summed E-state index contributed by atoms with van der Waals surface area (Å²) < 4.78 is 0. The number of carbonyl (C=O) groups excluding carboxylic acids is 2. The third kappa shape index (κ3) is 11.8. The standard InChI is InChI=1S/C19H31BCl2N2O2.CO2/c21-18-5-4-16(14-19(18)22)13-15-6-10-24(11-7-15)12-8-17(23)3-1-2-9-20(25)26;2-1-3/h4-5,14-15,17,25-26H,1-3,6-13,23H2;. The number of halogens is 2. The van der Waals surface area contributed by atoms with E-state index < -0.39 is 7.12 Å². The fourth-order valence-corrected chi connectivity index (χ4v) is 3.96. The van der Waals surface area contributed by atoms with E-state index in [1.54, 1.807) is 0 Å². The van der Waals surface area contributed by atoms with Gasteiger partial charge in [-0.15, -0.1) is 0 Å². The van der Waals surface area contributed by atoms with Gasteiger partial charge in [0.25, 0.3) is 0 Å². The lowest BCUT2D eigenvalue weighted by Crippen LogP contribution is -2.37. The molecular weight excluding hydrogens is 414 g/mol. The summed E-state index contributed by atoms with van der Waals surface area (Å²) in [6, 6.07) is 6.16. The van der Waals surface area contributed by atoms with Crippen molar-refractivity contribution in [1.29, 1.82) is 0 Å². The van der Waals surface area contributed by atoms with Crippen LogP contribution in [0.5, 0.6) is 0 Å². The highest BCUT2D eigenvalue weighted by Gasteiger charge is 2.20. The van der Waals surface area contributed by atoms with E-state index in [0.29, 0.717) is 22.3 Å². The summed E-state index contributed by atoms with van der Waals surface area (Å²) >= 11 is 12.1. The third-order valence-electron chi connectivity index (χ3n) is 5.32. The van der Waals surface area contributed by atoms with Crippen LogP contribution in [0.15, 0.2) is 18.2 Å². The Morgan fingerprint density at radius 2 is 1.79 bits per heavy atom. The van der Waals surface area contributed by atoms with Gasteiger partial charge in [0.15, 0.2) is 0 Å². The molecule has 0 aromatic heterocycles. The van der Waals surface area contributed by atoms with Gasteiger partial charge < -0.3 is 20.7 Å². The molecule has 6 nitrogen and oxygen atoms in total. The van der Waals surface area contributed by atoms with Crippen molar-refractivity contribution in [2.45, 2.75) is 57.3 Å². The largest absolute Gasteiger partial charge is 0.451 e. The van der Waals surface area contributed by atoms with Crippen molar-refractivity contribution in [3.63, 3.8) is 0 Å². The Bertz CT molecular complexity index is 622. The monoisotopic (exact) mass is 444 g/mol. The third-order valence-corrected chi connectivity index (χ3v) is 6.06. The second-order valence-electron chi connectivity index (χ2n) is 7.63. The molecule has 0 bridgehead atoms. The predicted octanol–water partition coefficient (Wildman–Crippen LogP) is 3.02. The first kappa shape index (κ1) is 26.1. The smallest absolute Gasteiger partial charge is 0.427 e. The van der Waals surface area contributed by atoms with Gasteiger partial charge in [-0.05, 0) is 81.7 Å². The van der Waals surface area contributed by atoms with Crippen molar-refractivity contribution < 1.29 is 19.6 Å². The Morgan fingerprint density at radius 3 is 2.38 bits per heavy atom. The number of likely N-dealkylation sites (tertiary alicyclic amines) is 1. The van der Waals surface area contributed by atoms with E-state index in [4.69, 9.17) is 48.6 Å². The molecule has 1 aliphatic rings. The maximum Gasteiger partial charge on any atom is 0.451 e. The minimum absolute atomic E-state index is 0.208. The SMILES string of the molecule is NC(CCCCB(O)O)CCN1CCC(Cc2ccc(Cl)c(Cl)c2)CC1.O=C=O. The number of nitrogens with two attached hydrogens (primary N) is 1. The summed E-state index contributed by atoms with van der Waals surface area (Å²) in [5.41, 5.74) is 7.46. The summed E-state index contributed by atoms with van der Waals surface area (Å²) in [6.07, 6.45) is 7.95. The molecule has 2 rings (SSSR count). The van der Waals surface area contributed by atoms with Crippen molar-refractivity contribution in [2.24, 2.45) is 11.7 Å². The molecule has 162 valence electrons. The van der Waals surface area contributed by atoms with Gasteiger partial charge in [0.05, 0.1) is 10.0 Å². The lowest BCUT2D eigenvalue weighted by molar-refractivity contribution is -0.191. The fraction of sp³-hybridized carbons (Fsp3) is 0.650. The molecule has 1 heterocycles. The van der Waals surface area contributed by atoms with E-state index in [9.17, 15) is 0 Å². The maximum absolute atomic E-state index is 8.84. The summed E-state index contributed by atoms with van der Waals surface area (Å²) in [6.45, 7) is 3.33. The summed E-state index contributed by atoms with van der Waals surface area (Å²) in [7, 11) is -1.18. The van der Waals surface area contributed by atoms with Crippen LogP contribution in [-0.4, -0.2) is 53.9 Å². The Labute approximate surface area is 183 Å². The van der Waals surface area contributed by atoms with Crippen molar-refractivity contribution in [3.8, 4) is 0 Å². The van der Waals surface area contributed by atoms with Crippen molar-refractivity contribution in [3.05, 3.63) is 33.8 Å². The second-order valence-corrected chi connectivity index (χ2v) is 8.45. The van der Waals surface area contributed by atoms with Crippen molar-refractivity contribution in [1.82, 2.24) is 4.90 Å². The Morgan fingerprint density at radius 1 is 1.14 bits per heavy atom. The second kappa shape index (κ2) is 15.0. The molecule has 1 aliphatic heterocycles. The molecule has 0 aliphatic carbocycles. The van der Waals surface area contributed by atoms with Gasteiger partial charge in [0.1, 0.15) is 0 Å². The summed E-state index contributed by atoms with van der Waals surface area (Å²) in [5.74, 6) is 0.710. The molecule has 9 heteroatoms. The van der Waals surface area contributed by atoms with Crippen LogP contribution in [0.2, 0.25) is 16.4 Å². The molecule has 0 radical (unpaired) electrons. The van der Waals surface area contributed by atoms with Crippen LogP contribution in [0.1, 0.15) is 44.1 Å². The van der Waals surface area contributed by atoms with Crippen LogP contribution < -0.4 is 5.73 Å². The van der Waals surface area contributed by atoms with Crippen LogP contribution in [0.3, 0.4) is 0 Å². The predicted molar refractivity (Wildman–Crippen MR) is 116 cm³/mol. The van der Waals surface area contributed by atoms with Gasteiger partial charge in [-0.3, -0.25) is 0 Å². The molecule has 1 saturated heterocycles. The highest BCUT2D eigenvalue weighted by molar-refractivity contribution is 6.42. The van der Waals surface area contributed by atoms with E-state index in [1.165, 1.54) is 18.4 Å². The normalized spacial score (nSPS) is 15.9. The molecule has 1 fully saturated rings. The zero-order valence-electron chi connectivity index (χ0n) is 16.7. The lowest BCUT2D eigenvalue weighted by Gasteiger charge is -2.32. The van der Waals surface area contributed by atoms with E-state index >= 15 is 0 Å². The topological polar surface area (TPSA) is 104 Å². The van der Waals surface area contributed by atoms with Gasteiger partial charge in [-0.1, -0.05) is 42.1 Å². The van der Waals surface area contributed by atoms with Gasteiger partial charge >= 0.3 is 13.3 Å². The van der Waals surface area contributed by atoms with Gasteiger partial charge in [-0.2, -0.15) is 9.59 Å². The summed E-state index contributed by atoms with van der Waals surface area (Å²) in [5, 5.41) is 18.9. The first-order valence-electron chi connectivity index (χ1n) is 10.1. The highest BCUT2D eigenvalue weighted by Crippen LogP contribution is 2.27. The van der Waals surface area contributed by atoms with Crippen LogP contribution in [0.25, 0.3) is 0 Å². The average molecular weight is 445 g/mol. The van der Waals surface area contributed by atoms with Crippen molar-refractivity contribution in [2.75, 3.05) is 19.6 Å². The fourth-order valence-electron chi connectivity index (χ4n) is 3.64. The van der Waals surface area contributed by atoms with Crippen LogP contribution in [0, 0.1) is 5.92 Å². The number of nitrogens with zero attached hydrogens (tertiary/aromatic N) is 1. The molecule has 0 saturated carbocycles. The highest BCUT2D eigenvalue weighted by atomic mass is 35.5. The number of hydrogen-bond acceptors (Lipinski definition) is 6. The van der Waals surface area contributed by atoms with Crippen molar-refractivity contribution >= 4 is 36.5 Å². The zero-order valence-corrected chi connectivity index (χ0v) is 18.2. The Balaban J connectivity index is 0.00000132. The van der Waals surface area contributed by atoms with E-state index in [2.05, 4.69) is 11.0 Å². The van der Waals surface area contributed by atoms with E-state index in [-0.39, 0.29) is 12.2 Å². The molecule has 4 N–H and O–H groups in total. The molecule has 0 amide bonds. The van der Waals surface area contributed by atoms with E-state index in [1.807, 2.05) is 12.1 Å². The Hall–Kier alpha value is -0.915. The minimum atomic E-state index is -1.18. The van der Waals surface area contributed by atoms with Gasteiger partial charge in [0, 0.05) is 6.04 Å².